The van der Waals surface area contributed by atoms with Crippen molar-refractivity contribution in [1.82, 2.24) is 10.6 Å². The van der Waals surface area contributed by atoms with Crippen LogP contribution < -0.4 is 10.6 Å². The molecule has 1 aliphatic carbocycles. The first-order valence-corrected chi connectivity index (χ1v) is 8.66. The summed E-state index contributed by atoms with van der Waals surface area (Å²) in [5, 5.41) is 7.86. The highest BCUT2D eigenvalue weighted by Crippen LogP contribution is 2.23. The van der Waals surface area contributed by atoms with Crippen LogP contribution >= 0.6 is 11.3 Å². The van der Waals surface area contributed by atoms with Gasteiger partial charge in [0.1, 0.15) is 0 Å². The van der Waals surface area contributed by atoms with Crippen molar-refractivity contribution in [1.29, 1.82) is 0 Å². The van der Waals surface area contributed by atoms with Gasteiger partial charge in [-0.05, 0) is 36.6 Å². The number of nitrogens with one attached hydrogen (secondary N) is 2. The summed E-state index contributed by atoms with van der Waals surface area (Å²) >= 11 is 1.43. The molecule has 2 N–H and O–H groups in total. The van der Waals surface area contributed by atoms with E-state index in [0.29, 0.717) is 31.3 Å². The van der Waals surface area contributed by atoms with Crippen LogP contribution in [0.25, 0.3) is 0 Å². The van der Waals surface area contributed by atoms with Crippen molar-refractivity contribution in [3.8, 4) is 0 Å². The van der Waals surface area contributed by atoms with Crippen molar-refractivity contribution in [2.24, 2.45) is 5.92 Å². The molecule has 2 unspecified atom stereocenters. The first-order chi connectivity index (χ1) is 10.2. The Morgan fingerprint density at radius 3 is 2.86 bits per heavy atom. The van der Waals surface area contributed by atoms with E-state index in [2.05, 4.69) is 17.6 Å². The highest BCUT2D eigenvalue weighted by atomic mass is 32.1. The Hall–Kier alpha value is -1.36. The van der Waals surface area contributed by atoms with E-state index in [1.165, 1.54) is 30.6 Å². The zero-order chi connectivity index (χ0) is 15.1. The lowest BCUT2D eigenvalue weighted by Gasteiger charge is -2.29. The summed E-state index contributed by atoms with van der Waals surface area (Å²) in [4.78, 5) is 24.3. The molecule has 1 aromatic heterocycles. The minimum absolute atomic E-state index is 0.0497. The highest BCUT2D eigenvalue weighted by Gasteiger charge is 2.22. The molecule has 0 aliphatic heterocycles. The second-order valence-electron chi connectivity index (χ2n) is 5.77. The van der Waals surface area contributed by atoms with E-state index in [4.69, 9.17) is 0 Å². The molecule has 21 heavy (non-hydrogen) atoms. The van der Waals surface area contributed by atoms with Crippen LogP contribution in [0, 0.1) is 5.92 Å². The van der Waals surface area contributed by atoms with Gasteiger partial charge in [-0.3, -0.25) is 9.59 Å². The number of rotatable bonds is 6. The first kappa shape index (κ1) is 16.0. The maximum atomic E-state index is 11.9. The van der Waals surface area contributed by atoms with Crippen LogP contribution in [0.3, 0.4) is 0 Å². The Labute approximate surface area is 130 Å². The summed E-state index contributed by atoms with van der Waals surface area (Å²) in [7, 11) is 0. The lowest BCUT2D eigenvalue weighted by Crippen LogP contribution is -2.41. The smallest absolute Gasteiger partial charge is 0.261 e. The molecule has 1 heterocycles. The van der Waals surface area contributed by atoms with Crippen LogP contribution in [0.4, 0.5) is 0 Å². The third-order valence-corrected chi connectivity index (χ3v) is 4.94. The van der Waals surface area contributed by atoms with E-state index in [1.54, 1.807) is 6.07 Å². The quantitative estimate of drug-likeness (QED) is 0.794. The summed E-state index contributed by atoms with van der Waals surface area (Å²) in [5.41, 5.74) is 0. The predicted molar refractivity (Wildman–Crippen MR) is 85.4 cm³/mol. The molecule has 1 fully saturated rings. The first-order valence-electron chi connectivity index (χ1n) is 7.78. The average molecular weight is 308 g/mol. The Bertz CT molecular complexity index is 459. The van der Waals surface area contributed by atoms with Crippen molar-refractivity contribution >= 4 is 23.2 Å². The molecule has 0 bridgehead atoms. The van der Waals surface area contributed by atoms with Crippen LogP contribution in [0.2, 0.25) is 0 Å². The van der Waals surface area contributed by atoms with Gasteiger partial charge in [-0.2, -0.15) is 0 Å². The lowest BCUT2D eigenvalue weighted by atomic mass is 9.86. The molecule has 1 aromatic rings. The van der Waals surface area contributed by atoms with Crippen LogP contribution in [-0.2, 0) is 4.79 Å². The van der Waals surface area contributed by atoms with Gasteiger partial charge in [0.25, 0.3) is 5.91 Å². The molecule has 0 radical (unpaired) electrons. The SMILES string of the molecule is CC1CCCCC1NC(=O)CCCNC(=O)c1cccs1. The second-order valence-corrected chi connectivity index (χ2v) is 6.72. The fraction of sp³-hybridized carbons (Fsp3) is 0.625. The molecule has 0 spiro atoms. The molecule has 5 heteroatoms. The monoisotopic (exact) mass is 308 g/mol. The lowest BCUT2D eigenvalue weighted by molar-refractivity contribution is -0.122. The molecule has 1 saturated carbocycles. The van der Waals surface area contributed by atoms with Crippen LogP contribution in [0.15, 0.2) is 17.5 Å². The van der Waals surface area contributed by atoms with Gasteiger partial charge in [0.2, 0.25) is 5.91 Å². The van der Waals surface area contributed by atoms with Crippen LogP contribution in [0.5, 0.6) is 0 Å². The standard InChI is InChI=1S/C16H24N2O2S/c1-12-6-2-3-7-13(12)18-15(19)9-4-10-17-16(20)14-8-5-11-21-14/h5,8,11-13H,2-4,6-7,9-10H2,1H3,(H,17,20)(H,18,19). The average Bonchev–Trinajstić information content (AvgIpc) is 3.00. The van der Waals surface area contributed by atoms with Crippen LogP contribution in [0.1, 0.15) is 55.1 Å². The molecule has 0 saturated heterocycles. The highest BCUT2D eigenvalue weighted by molar-refractivity contribution is 7.12. The van der Waals surface area contributed by atoms with E-state index < -0.39 is 0 Å². The fourth-order valence-corrected chi connectivity index (χ4v) is 3.40. The number of hydrogen-bond donors (Lipinski definition) is 2. The Morgan fingerprint density at radius 1 is 1.33 bits per heavy atom. The van der Waals surface area contributed by atoms with E-state index in [-0.39, 0.29) is 11.8 Å². The Balaban J connectivity index is 1.60. The molecule has 116 valence electrons. The molecular weight excluding hydrogens is 284 g/mol. The number of thiophene rings is 1. The van der Waals surface area contributed by atoms with E-state index in [9.17, 15) is 9.59 Å². The zero-order valence-electron chi connectivity index (χ0n) is 12.6. The Kier molecular flexibility index (Phi) is 6.23. The summed E-state index contributed by atoms with van der Waals surface area (Å²) < 4.78 is 0. The maximum absolute atomic E-state index is 11.9. The zero-order valence-corrected chi connectivity index (χ0v) is 13.4. The van der Waals surface area contributed by atoms with Gasteiger partial charge >= 0.3 is 0 Å². The predicted octanol–water partition coefficient (Wildman–Crippen LogP) is 2.95. The van der Waals surface area contributed by atoms with E-state index >= 15 is 0 Å². The molecule has 2 amide bonds. The van der Waals surface area contributed by atoms with Crippen molar-refractivity contribution in [3.63, 3.8) is 0 Å². The second kappa shape index (κ2) is 8.17. The third kappa shape index (κ3) is 5.16. The number of carbonyl (C=O) groups excluding carboxylic acids is 2. The van der Waals surface area contributed by atoms with E-state index in [0.717, 1.165) is 11.3 Å². The minimum atomic E-state index is -0.0497. The summed E-state index contributed by atoms with van der Waals surface area (Å²) in [6.45, 7) is 2.76. The van der Waals surface area contributed by atoms with Crippen molar-refractivity contribution < 1.29 is 9.59 Å². The summed E-state index contributed by atoms with van der Waals surface area (Å²) in [5.74, 6) is 0.645. The van der Waals surface area contributed by atoms with Crippen molar-refractivity contribution in [3.05, 3.63) is 22.4 Å². The van der Waals surface area contributed by atoms with Gasteiger partial charge in [0.15, 0.2) is 0 Å². The van der Waals surface area contributed by atoms with Gasteiger partial charge in [-0.1, -0.05) is 25.8 Å². The fourth-order valence-electron chi connectivity index (χ4n) is 2.76. The maximum Gasteiger partial charge on any atom is 0.261 e. The van der Waals surface area contributed by atoms with Crippen molar-refractivity contribution in [2.75, 3.05) is 6.54 Å². The van der Waals surface area contributed by atoms with E-state index in [1.807, 2.05) is 11.4 Å². The van der Waals surface area contributed by atoms with Crippen molar-refractivity contribution in [2.45, 2.75) is 51.5 Å². The minimum Gasteiger partial charge on any atom is -0.353 e. The summed E-state index contributed by atoms with van der Waals surface area (Å²) in [6, 6.07) is 4.00. The number of amides is 2. The van der Waals surface area contributed by atoms with Gasteiger partial charge < -0.3 is 10.6 Å². The largest absolute Gasteiger partial charge is 0.353 e. The van der Waals surface area contributed by atoms with Crippen LogP contribution in [-0.4, -0.2) is 24.4 Å². The van der Waals surface area contributed by atoms with Gasteiger partial charge in [-0.15, -0.1) is 11.3 Å². The summed E-state index contributed by atoms with van der Waals surface area (Å²) in [6.07, 6.45) is 5.97. The molecule has 0 aromatic carbocycles. The van der Waals surface area contributed by atoms with Gasteiger partial charge in [-0.25, -0.2) is 0 Å². The van der Waals surface area contributed by atoms with Gasteiger partial charge in [0, 0.05) is 19.0 Å². The molecule has 4 nitrogen and oxygen atoms in total. The molecule has 2 atom stereocenters. The molecular formula is C16H24N2O2S. The third-order valence-electron chi connectivity index (χ3n) is 4.07. The number of carbonyl (C=O) groups is 2. The number of hydrogen-bond acceptors (Lipinski definition) is 3. The molecule has 1 aliphatic rings. The topological polar surface area (TPSA) is 58.2 Å². The normalized spacial score (nSPS) is 21.8. The molecule has 2 rings (SSSR count). The van der Waals surface area contributed by atoms with Gasteiger partial charge in [0.05, 0.1) is 4.88 Å². The Morgan fingerprint density at radius 2 is 2.14 bits per heavy atom.